The maximum Gasteiger partial charge on any atom is 0.308 e. The first-order valence-electron chi connectivity index (χ1n) is 9.91. The summed E-state index contributed by atoms with van der Waals surface area (Å²) in [5.74, 6) is -0.431. The van der Waals surface area contributed by atoms with Crippen LogP contribution in [0.25, 0.3) is 0 Å². The minimum Gasteiger partial charge on any atom is -0.496 e. The Morgan fingerprint density at radius 1 is 1.03 bits per heavy atom. The van der Waals surface area contributed by atoms with E-state index in [4.69, 9.17) is 9.47 Å². The monoisotopic (exact) mass is 412 g/mol. The zero-order valence-corrected chi connectivity index (χ0v) is 17.6. The number of esters is 1. The van der Waals surface area contributed by atoms with Gasteiger partial charge in [0.1, 0.15) is 5.75 Å². The summed E-state index contributed by atoms with van der Waals surface area (Å²) in [4.78, 5) is 35.9. The van der Waals surface area contributed by atoms with E-state index in [2.05, 4.69) is 24.5 Å². The quantitative estimate of drug-likeness (QED) is 0.583. The number of ether oxygens (including phenoxy) is 2. The van der Waals surface area contributed by atoms with Gasteiger partial charge in [-0.3, -0.25) is 14.4 Å². The van der Waals surface area contributed by atoms with Crippen LogP contribution in [0.3, 0.4) is 0 Å². The average Bonchev–Trinajstić information content (AvgIpc) is 2.77. The van der Waals surface area contributed by atoms with Crippen molar-refractivity contribution >= 4 is 23.5 Å². The van der Waals surface area contributed by atoms with Crippen molar-refractivity contribution in [1.82, 2.24) is 5.32 Å². The number of methoxy groups -OCH3 is 1. The SMILES string of the molecule is CC[C@H](C)c1ccc(NC(=O)COC(=O)CCNC(=O)c2ccccc2OC)cc1. The molecule has 0 aromatic heterocycles. The third-order valence-corrected chi connectivity index (χ3v) is 4.71. The minimum atomic E-state index is -0.572. The zero-order valence-electron chi connectivity index (χ0n) is 17.6. The fraction of sp³-hybridized carbons (Fsp3) is 0.348. The van der Waals surface area contributed by atoms with Gasteiger partial charge in [-0.1, -0.05) is 38.1 Å². The van der Waals surface area contributed by atoms with E-state index in [-0.39, 0.29) is 25.5 Å². The molecule has 0 unspecified atom stereocenters. The summed E-state index contributed by atoms with van der Waals surface area (Å²) < 4.78 is 10.1. The van der Waals surface area contributed by atoms with Crippen LogP contribution in [0.4, 0.5) is 5.69 Å². The molecule has 0 fully saturated rings. The number of carbonyl (C=O) groups is 3. The van der Waals surface area contributed by atoms with Crippen LogP contribution in [-0.4, -0.2) is 38.0 Å². The second-order valence-electron chi connectivity index (χ2n) is 6.85. The number of rotatable bonds is 10. The summed E-state index contributed by atoms with van der Waals surface area (Å²) in [6.07, 6.45) is 0.999. The van der Waals surface area contributed by atoms with Crippen LogP contribution in [0.2, 0.25) is 0 Å². The number of nitrogens with one attached hydrogen (secondary N) is 2. The molecule has 0 aliphatic rings. The van der Waals surface area contributed by atoms with Gasteiger partial charge in [-0.25, -0.2) is 0 Å². The lowest BCUT2D eigenvalue weighted by molar-refractivity contribution is -0.147. The van der Waals surface area contributed by atoms with Crippen molar-refractivity contribution in [2.75, 3.05) is 25.6 Å². The Morgan fingerprint density at radius 2 is 1.73 bits per heavy atom. The predicted molar refractivity (Wildman–Crippen MR) is 115 cm³/mol. The molecule has 0 spiro atoms. The Balaban J connectivity index is 1.70. The zero-order chi connectivity index (χ0) is 21.9. The van der Waals surface area contributed by atoms with Crippen molar-refractivity contribution < 1.29 is 23.9 Å². The van der Waals surface area contributed by atoms with E-state index < -0.39 is 11.9 Å². The molecule has 30 heavy (non-hydrogen) atoms. The number of carbonyl (C=O) groups excluding carboxylic acids is 3. The highest BCUT2D eigenvalue weighted by molar-refractivity contribution is 5.97. The van der Waals surface area contributed by atoms with Crippen molar-refractivity contribution in [3.8, 4) is 5.75 Å². The molecule has 0 bridgehead atoms. The molecule has 2 N–H and O–H groups in total. The molecule has 0 saturated carbocycles. The average molecular weight is 412 g/mol. The van der Waals surface area contributed by atoms with Gasteiger partial charge in [-0.05, 0) is 42.2 Å². The number of amides is 2. The van der Waals surface area contributed by atoms with Gasteiger partial charge < -0.3 is 20.1 Å². The van der Waals surface area contributed by atoms with E-state index in [0.29, 0.717) is 22.9 Å². The van der Waals surface area contributed by atoms with Gasteiger partial charge in [0.15, 0.2) is 6.61 Å². The number of hydrogen-bond donors (Lipinski definition) is 2. The Hall–Kier alpha value is -3.35. The third-order valence-electron chi connectivity index (χ3n) is 4.71. The lowest BCUT2D eigenvalue weighted by Gasteiger charge is -2.11. The highest BCUT2D eigenvalue weighted by Gasteiger charge is 2.13. The third kappa shape index (κ3) is 6.92. The normalized spacial score (nSPS) is 11.3. The van der Waals surface area contributed by atoms with E-state index in [1.807, 2.05) is 24.3 Å². The fourth-order valence-electron chi connectivity index (χ4n) is 2.75. The maximum absolute atomic E-state index is 12.2. The molecule has 7 heteroatoms. The number of anilines is 1. The van der Waals surface area contributed by atoms with Gasteiger partial charge >= 0.3 is 5.97 Å². The number of para-hydroxylation sites is 1. The van der Waals surface area contributed by atoms with Crippen LogP contribution in [0.1, 0.15) is 48.5 Å². The van der Waals surface area contributed by atoms with Crippen LogP contribution in [-0.2, 0) is 14.3 Å². The molecule has 2 rings (SSSR count). The summed E-state index contributed by atoms with van der Waals surface area (Å²) in [5.41, 5.74) is 2.23. The van der Waals surface area contributed by atoms with Crippen molar-refractivity contribution in [2.45, 2.75) is 32.6 Å². The van der Waals surface area contributed by atoms with Gasteiger partial charge in [0.2, 0.25) is 0 Å². The molecule has 0 saturated heterocycles. The Bertz CT molecular complexity index is 864. The van der Waals surface area contributed by atoms with Crippen LogP contribution < -0.4 is 15.4 Å². The topological polar surface area (TPSA) is 93.7 Å². The first kappa shape index (κ1) is 22.9. The van der Waals surface area contributed by atoms with Gasteiger partial charge in [0.05, 0.1) is 19.1 Å². The largest absolute Gasteiger partial charge is 0.496 e. The van der Waals surface area contributed by atoms with Gasteiger partial charge in [0.25, 0.3) is 11.8 Å². The number of benzene rings is 2. The summed E-state index contributed by atoms with van der Waals surface area (Å²) >= 11 is 0. The summed E-state index contributed by atoms with van der Waals surface area (Å²) in [6, 6.07) is 14.4. The Kier molecular flexibility index (Phi) is 8.87. The molecular formula is C23H28N2O5. The molecule has 0 aliphatic carbocycles. The molecule has 160 valence electrons. The van der Waals surface area contributed by atoms with E-state index in [0.717, 1.165) is 6.42 Å². The molecule has 0 radical (unpaired) electrons. The van der Waals surface area contributed by atoms with Gasteiger partial charge in [0, 0.05) is 12.2 Å². The van der Waals surface area contributed by atoms with E-state index in [1.165, 1.54) is 12.7 Å². The van der Waals surface area contributed by atoms with Crippen molar-refractivity contribution in [1.29, 1.82) is 0 Å². The van der Waals surface area contributed by atoms with E-state index in [9.17, 15) is 14.4 Å². The lowest BCUT2D eigenvalue weighted by atomic mass is 9.99. The summed E-state index contributed by atoms with van der Waals surface area (Å²) in [5, 5.41) is 5.32. The second-order valence-corrected chi connectivity index (χ2v) is 6.85. The van der Waals surface area contributed by atoms with E-state index >= 15 is 0 Å². The van der Waals surface area contributed by atoms with Crippen LogP contribution in [0, 0.1) is 0 Å². The second kappa shape index (κ2) is 11.6. The van der Waals surface area contributed by atoms with Crippen molar-refractivity contribution in [3.63, 3.8) is 0 Å². The molecule has 0 aliphatic heterocycles. The molecule has 2 aromatic carbocycles. The first-order chi connectivity index (χ1) is 14.4. The standard InChI is InChI=1S/C23H28N2O5/c1-4-16(2)17-9-11-18(12-10-17)25-21(26)15-30-22(27)13-14-24-23(28)19-7-5-6-8-20(19)29-3/h5-12,16H,4,13-15H2,1-3H3,(H,24,28)(H,25,26)/t16-/m0/s1. The molecular weight excluding hydrogens is 384 g/mol. The summed E-state index contributed by atoms with van der Waals surface area (Å²) in [7, 11) is 1.48. The van der Waals surface area contributed by atoms with Gasteiger partial charge in [-0.15, -0.1) is 0 Å². The van der Waals surface area contributed by atoms with Crippen molar-refractivity contribution in [3.05, 3.63) is 59.7 Å². The minimum absolute atomic E-state index is 0.0439. The molecule has 0 heterocycles. The summed E-state index contributed by atoms with van der Waals surface area (Å²) in [6.45, 7) is 3.98. The molecule has 7 nitrogen and oxygen atoms in total. The van der Waals surface area contributed by atoms with E-state index in [1.54, 1.807) is 24.3 Å². The van der Waals surface area contributed by atoms with Crippen LogP contribution >= 0.6 is 0 Å². The van der Waals surface area contributed by atoms with Crippen LogP contribution in [0.5, 0.6) is 5.75 Å². The van der Waals surface area contributed by atoms with Crippen LogP contribution in [0.15, 0.2) is 48.5 Å². The predicted octanol–water partition coefficient (Wildman–Crippen LogP) is 3.51. The maximum atomic E-state index is 12.2. The lowest BCUT2D eigenvalue weighted by Crippen LogP contribution is -2.28. The first-order valence-corrected chi connectivity index (χ1v) is 9.91. The highest BCUT2D eigenvalue weighted by atomic mass is 16.5. The van der Waals surface area contributed by atoms with Crippen molar-refractivity contribution in [2.24, 2.45) is 0 Å². The molecule has 1 atom stereocenters. The fourth-order valence-corrected chi connectivity index (χ4v) is 2.75. The Morgan fingerprint density at radius 3 is 2.40 bits per heavy atom. The molecule has 2 aromatic rings. The highest BCUT2D eigenvalue weighted by Crippen LogP contribution is 2.20. The molecule has 2 amide bonds. The number of hydrogen-bond acceptors (Lipinski definition) is 5. The van der Waals surface area contributed by atoms with Gasteiger partial charge in [-0.2, -0.15) is 0 Å². The smallest absolute Gasteiger partial charge is 0.308 e. The Labute approximate surface area is 176 Å².